The molecule has 2 aliphatic rings. The summed E-state index contributed by atoms with van der Waals surface area (Å²) in [4.78, 5) is 4.65. The van der Waals surface area contributed by atoms with Crippen LogP contribution in [-0.4, -0.2) is 16.3 Å². The minimum atomic E-state index is -0.107. The molecule has 21 heavy (non-hydrogen) atoms. The Kier molecular flexibility index (Phi) is 3.19. The van der Waals surface area contributed by atoms with E-state index in [1.807, 2.05) is 12.3 Å². The number of hydrogen-bond donors (Lipinski definition) is 0. The standard InChI is InChI=1S/C19H20NP/c1-13-14(2)19-16(17-10-6-7-11-20-17)12-18(13)21(19)15-8-4-3-5-9-15/h3-11,16,18-19H,12H2,1-2H3/t16-,18+,19+,21?/m1/s1. The van der Waals surface area contributed by atoms with E-state index in [2.05, 4.69) is 61.3 Å². The fourth-order valence-electron chi connectivity index (χ4n) is 4.08. The maximum absolute atomic E-state index is 4.65. The van der Waals surface area contributed by atoms with Crippen molar-refractivity contribution in [3.8, 4) is 0 Å². The molecular formula is C19H20NP. The Hall–Kier alpha value is -1.46. The second kappa shape index (κ2) is 5.07. The number of hydrogen-bond acceptors (Lipinski definition) is 1. The number of benzene rings is 1. The van der Waals surface area contributed by atoms with E-state index < -0.39 is 0 Å². The highest BCUT2D eigenvalue weighted by molar-refractivity contribution is 7.68. The van der Waals surface area contributed by atoms with Crippen LogP contribution in [0, 0.1) is 0 Å². The van der Waals surface area contributed by atoms with Crippen LogP contribution >= 0.6 is 7.92 Å². The van der Waals surface area contributed by atoms with Crippen molar-refractivity contribution in [1.29, 1.82) is 0 Å². The molecule has 0 N–H and O–H groups in total. The zero-order chi connectivity index (χ0) is 14.4. The van der Waals surface area contributed by atoms with Gasteiger partial charge in [0.25, 0.3) is 0 Å². The molecule has 106 valence electrons. The molecule has 0 amide bonds. The summed E-state index contributed by atoms with van der Waals surface area (Å²) in [7, 11) is -0.107. The minimum absolute atomic E-state index is 0.107. The Labute approximate surface area is 127 Å². The zero-order valence-corrected chi connectivity index (χ0v) is 13.4. The summed E-state index contributed by atoms with van der Waals surface area (Å²) in [6.07, 6.45) is 3.23. The molecule has 1 unspecified atom stereocenters. The van der Waals surface area contributed by atoms with Gasteiger partial charge >= 0.3 is 0 Å². The van der Waals surface area contributed by atoms with Crippen molar-refractivity contribution in [2.75, 3.05) is 0 Å². The fraction of sp³-hybridized carbons (Fsp3) is 0.316. The van der Waals surface area contributed by atoms with E-state index in [1.54, 1.807) is 16.5 Å². The van der Waals surface area contributed by atoms with Crippen molar-refractivity contribution < 1.29 is 0 Å². The van der Waals surface area contributed by atoms with Crippen LogP contribution in [0.5, 0.6) is 0 Å². The highest BCUT2D eigenvalue weighted by atomic mass is 31.1. The van der Waals surface area contributed by atoms with Crippen LogP contribution in [0.2, 0.25) is 0 Å². The summed E-state index contributed by atoms with van der Waals surface area (Å²) in [5, 5.41) is 1.57. The van der Waals surface area contributed by atoms with Crippen LogP contribution in [0.15, 0.2) is 65.9 Å². The maximum Gasteiger partial charge on any atom is 0.0444 e. The van der Waals surface area contributed by atoms with Crippen molar-refractivity contribution in [2.24, 2.45) is 0 Å². The maximum atomic E-state index is 4.65. The van der Waals surface area contributed by atoms with E-state index >= 15 is 0 Å². The molecule has 4 rings (SSSR count). The van der Waals surface area contributed by atoms with Crippen LogP contribution < -0.4 is 5.30 Å². The average Bonchev–Trinajstić information content (AvgIpc) is 3.04. The lowest BCUT2D eigenvalue weighted by Crippen LogP contribution is -2.17. The van der Waals surface area contributed by atoms with Gasteiger partial charge in [0, 0.05) is 29.1 Å². The van der Waals surface area contributed by atoms with Crippen molar-refractivity contribution in [3.05, 3.63) is 71.6 Å². The van der Waals surface area contributed by atoms with Crippen LogP contribution in [0.25, 0.3) is 0 Å². The van der Waals surface area contributed by atoms with Gasteiger partial charge in [0.15, 0.2) is 0 Å². The van der Waals surface area contributed by atoms with Crippen LogP contribution in [0.3, 0.4) is 0 Å². The monoisotopic (exact) mass is 293 g/mol. The first-order valence-corrected chi connectivity index (χ1v) is 9.17. The molecule has 2 aliphatic heterocycles. The Morgan fingerprint density at radius 2 is 1.71 bits per heavy atom. The fourth-order valence-corrected chi connectivity index (χ4v) is 8.02. The van der Waals surface area contributed by atoms with Gasteiger partial charge in [-0.3, -0.25) is 4.98 Å². The van der Waals surface area contributed by atoms with E-state index in [0.29, 0.717) is 11.6 Å². The molecule has 0 radical (unpaired) electrons. The summed E-state index contributed by atoms with van der Waals surface area (Å²) < 4.78 is 0. The first kappa shape index (κ1) is 13.2. The number of pyridine rings is 1. The van der Waals surface area contributed by atoms with Gasteiger partial charge in [0.05, 0.1) is 0 Å². The van der Waals surface area contributed by atoms with E-state index in [1.165, 1.54) is 12.1 Å². The predicted molar refractivity (Wildman–Crippen MR) is 90.5 cm³/mol. The summed E-state index contributed by atoms with van der Waals surface area (Å²) in [5.41, 5.74) is 6.04. The Morgan fingerprint density at radius 1 is 0.952 bits per heavy atom. The van der Waals surface area contributed by atoms with Crippen LogP contribution in [0.4, 0.5) is 0 Å². The summed E-state index contributed by atoms with van der Waals surface area (Å²) in [6, 6.07) is 17.5. The van der Waals surface area contributed by atoms with Gasteiger partial charge in [-0.25, -0.2) is 0 Å². The molecule has 1 nitrogen and oxygen atoms in total. The molecule has 4 atom stereocenters. The highest BCUT2D eigenvalue weighted by Gasteiger charge is 2.51. The topological polar surface area (TPSA) is 12.9 Å². The minimum Gasteiger partial charge on any atom is -0.261 e. The molecule has 1 aromatic carbocycles. The lowest BCUT2D eigenvalue weighted by Gasteiger charge is -2.24. The quantitative estimate of drug-likeness (QED) is 0.588. The molecule has 2 aromatic rings. The van der Waals surface area contributed by atoms with Gasteiger partial charge in [-0.2, -0.15) is 0 Å². The van der Waals surface area contributed by atoms with Crippen molar-refractivity contribution in [3.63, 3.8) is 0 Å². The number of allylic oxidation sites excluding steroid dienone is 2. The van der Waals surface area contributed by atoms with Crippen LogP contribution in [-0.2, 0) is 0 Å². The van der Waals surface area contributed by atoms with Crippen molar-refractivity contribution >= 4 is 13.2 Å². The van der Waals surface area contributed by atoms with E-state index in [4.69, 9.17) is 0 Å². The highest BCUT2D eigenvalue weighted by Crippen LogP contribution is 2.69. The second-order valence-electron chi connectivity index (χ2n) is 6.17. The van der Waals surface area contributed by atoms with E-state index in [-0.39, 0.29) is 7.92 Å². The molecule has 0 spiro atoms. The lowest BCUT2D eigenvalue weighted by molar-refractivity contribution is 0.622. The molecule has 0 saturated carbocycles. The van der Waals surface area contributed by atoms with Crippen molar-refractivity contribution in [1.82, 2.24) is 4.98 Å². The van der Waals surface area contributed by atoms with Gasteiger partial charge < -0.3 is 0 Å². The van der Waals surface area contributed by atoms with Crippen molar-refractivity contribution in [2.45, 2.75) is 37.5 Å². The molecule has 2 bridgehead atoms. The van der Waals surface area contributed by atoms with E-state index in [9.17, 15) is 0 Å². The summed E-state index contributed by atoms with van der Waals surface area (Å²) >= 11 is 0. The second-order valence-corrected chi connectivity index (χ2v) is 8.68. The summed E-state index contributed by atoms with van der Waals surface area (Å²) in [6.45, 7) is 4.71. The molecule has 0 aliphatic carbocycles. The van der Waals surface area contributed by atoms with Crippen LogP contribution in [0.1, 0.15) is 31.9 Å². The summed E-state index contributed by atoms with van der Waals surface area (Å²) in [5.74, 6) is 0.617. The Morgan fingerprint density at radius 3 is 2.43 bits per heavy atom. The largest absolute Gasteiger partial charge is 0.261 e. The number of rotatable bonds is 2. The van der Waals surface area contributed by atoms with E-state index in [0.717, 1.165) is 5.66 Å². The molecule has 1 fully saturated rings. The van der Waals surface area contributed by atoms with Gasteiger partial charge in [-0.1, -0.05) is 55.5 Å². The number of nitrogens with zero attached hydrogens (tertiary/aromatic N) is 1. The normalized spacial score (nSPS) is 31.0. The predicted octanol–water partition coefficient (Wildman–Crippen LogP) is 4.46. The van der Waals surface area contributed by atoms with Gasteiger partial charge in [0.2, 0.25) is 0 Å². The molecule has 2 heteroatoms. The first-order chi connectivity index (χ1) is 10.3. The SMILES string of the molecule is CC1=C(C)[C@H]2[C@@H](c3ccccn3)C[C@@H]1P2c1ccccc1. The number of aromatic nitrogens is 1. The zero-order valence-electron chi connectivity index (χ0n) is 12.5. The van der Waals surface area contributed by atoms with Gasteiger partial charge in [0.1, 0.15) is 0 Å². The number of fused-ring (bicyclic) bond motifs is 2. The average molecular weight is 293 g/mol. The third kappa shape index (κ3) is 1.99. The Balaban J connectivity index is 1.77. The third-order valence-electron chi connectivity index (χ3n) is 5.18. The molecule has 1 aromatic heterocycles. The van der Waals surface area contributed by atoms with Gasteiger partial charge in [-0.15, -0.1) is 0 Å². The third-order valence-corrected chi connectivity index (χ3v) is 8.69. The smallest absolute Gasteiger partial charge is 0.0444 e. The first-order valence-electron chi connectivity index (χ1n) is 7.69. The Bertz CT molecular complexity index is 677. The molecule has 1 saturated heterocycles. The van der Waals surface area contributed by atoms with Gasteiger partial charge in [-0.05, 0) is 37.7 Å². The molecular weight excluding hydrogens is 273 g/mol. The lowest BCUT2D eigenvalue weighted by atomic mass is 9.83. The molecule has 3 heterocycles.